The molecule has 0 N–H and O–H groups in total. The van der Waals surface area contributed by atoms with E-state index in [1.54, 1.807) is 7.11 Å². The molecule has 1 aliphatic rings. The van der Waals surface area contributed by atoms with Gasteiger partial charge in [0, 0.05) is 20.3 Å². The highest BCUT2D eigenvalue weighted by Crippen LogP contribution is 2.19. The minimum absolute atomic E-state index is 0.223. The lowest BCUT2D eigenvalue weighted by Crippen LogP contribution is -2.29. The van der Waals surface area contributed by atoms with Crippen LogP contribution in [0.1, 0.15) is 12.8 Å². The quantitative estimate of drug-likeness (QED) is 0.565. The van der Waals surface area contributed by atoms with Gasteiger partial charge in [-0.3, -0.25) is 0 Å². The standard InChI is InChI=1S/C8H14O3/c1-10-8(6-9)7-2-4-11-5-3-7/h6-8H,2-5H2,1H3. The van der Waals surface area contributed by atoms with Crippen molar-refractivity contribution >= 4 is 6.29 Å². The van der Waals surface area contributed by atoms with Crippen molar-refractivity contribution in [3.05, 3.63) is 0 Å². The van der Waals surface area contributed by atoms with E-state index in [4.69, 9.17) is 9.47 Å². The van der Waals surface area contributed by atoms with E-state index in [-0.39, 0.29) is 6.10 Å². The third-order valence-corrected chi connectivity index (χ3v) is 2.14. The minimum atomic E-state index is -0.223. The van der Waals surface area contributed by atoms with Crippen molar-refractivity contribution in [1.82, 2.24) is 0 Å². The third-order valence-electron chi connectivity index (χ3n) is 2.14. The highest BCUT2D eigenvalue weighted by atomic mass is 16.5. The van der Waals surface area contributed by atoms with Crippen molar-refractivity contribution in [1.29, 1.82) is 0 Å². The molecule has 1 heterocycles. The fourth-order valence-corrected chi connectivity index (χ4v) is 1.40. The molecule has 0 aliphatic carbocycles. The van der Waals surface area contributed by atoms with Crippen LogP contribution in [0.5, 0.6) is 0 Å². The number of carbonyl (C=O) groups is 1. The maximum absolute atomic E-state index is 10.5. The van der Waals surface area contributed by atoms with Crippen LogP contribution in [-0.4, -0.2) is 32.7 Å². The zero-order valence-electron chi connectivity index (χ0n) is 6.79. The van der Waals surface area contributed by atoms with Crippen molar-refractivity contribution in [3.63, 3.8) is 0 Å². The Morgan fingerprint density at radius 1 is 1.55 bits per heavy atom. The summed E-state index contributed by atoms with van der Waals surface area (Å²) in [6, 6.07) is 0. The summed E-state index contributed by atoms with van der Waals surface area (Å²) in [6.45, 7) is 1.52. The first-order valence-electron chi connectivity index (χ1n) is 3.94. The summed E-state index contributed by atoms with van der Waals surface area (Å²) in [5, 5.41) is 0. The van der Waals surface area contributed by atoms with E-state index < -0.39 is 0 Å². The second-order valence-corrected chi connectivity index (χ2v) is 2.79. The van der Waals surface area contributed by atoms with Crippen LogP contribution in [0.2, 0.25) is 0 Å². The molecular formula is C8H14O3. The van der Waals surface area contributed by atoms with Crippen molar-refractivity contribution < 1.29 is 14.3 Å². The number of carbonyl (C=O) groups excluding carboxylic acids is 1. The molecule has 0 aromatic rings. The molecule has 0 radical (unpaired) electrons. The first-order valence-corrected chi connectivity index (χ1v) is 3.94. The molecule has 3 heteroatoms. The highest BCUT2D eigenvalue weighted by molar-refractivity contribution is 5.56. The molecule has 1 fully saturated rings. The number of methoxy groups -OCH3 is 1. The molecule has 11 heavy (non-hydrogen) atoms. The lowest BCUT2D eigenvalue weighted by atomic mass is 9.95. The van der Waals surface area contributed by atoms with Crippen molar-refractivity contribution in [2.45, 2.75) is 18.9 Å². The van der Waals surface area contributed by atoms with E-state index in [9.17, 15) is 4.79 Å². The fourth-order valence-electron chi connectivity index (χ4n) is 1.40. The summed E-state index contributed by atoms with van der Waals surface area (Å²) in [7, 11) is 1.58. The summed E-state index contributed by atoms with van der Waals surface area (Å²) in [5.74, 6) is 0.367. The molecule has 1 aliphatic heterocycles. The first kappa shape index (κ1) is 8.68. The number of hydrogen-bond acceptors (Lipinski definition) is 3. The molecule has 3 nitrogen and oxygen atoms in total. The molecule has 1 atom stereocenters. The van der Waals surface area contributed by atoms with Gasteiger partial charge in [0.2, 0.25) is 0 Å². The second-order valence-electron chi connectivity index (χ2n) is 2.79. The van der Waals surface area contributed by atoms with Gasteiger partial charge in [0.25, 0.3) is 0 Å². The molecule has 0 aromatic heterocycles. The Bertz CT molecular complexity index is 119. The summed E-state index contributed by atoms with van der Waals surface area (Å²) in [6.07, 6.45) is 2.55. The number of rotatable bonds is 3. The van der Waals surface area contributed by atoms with Crippen LogP contribution in [-0.2, 0) is 14.3 Å². The predicted molar refractivity (Wildman–Crippen MR) is 40.4 cm³/mol. The second kappa shape index (κ2) is 4.46. The molecule has 64 valence electrons. The lowest BCUT2D eigenvalue weighted by molar-refractivity contribution is -0.121. The monoisotopic (exact) mass is 158 g/mol. The first-order chi connectivity index (χ1) is 5.38. The summed E-state index contributed by atoms with van der Waals surface area (Å²) in [5.41, 5.74) is 0. The van der Waals surface area contributed by atoms with Crippen molar-refractivity contribution in [3.8, 4) is 0 Å². The number of hydrogen-bond donors (Lipinski definition) is 0. The van der Waals surface area contributed by atoms with E-state index in [0.717, 1.165) is 32.3 Å². The van der Waals surface area contributed by atoms with Gasteiger partial charge in [0.05, 0.1) is 0 Å². The highest BCUT2D eigenvalue weighted by Gasteiger charge is 2.22. The SMILES string of the molecule is COC(C=O)C1CCOCC1. The maximum atomic E-state index is 10.5. The molecular weight excluding hydrogens is 144 g/mol. The van der Waals surface area contributed by atoms with Crippen LogP contribution < -0.4 is 0 Å². The van der Waals surface area contributed by atoms with E-state index in [0.29, 0.717) is 5.92 Å². The van der Waals surface area contributed by atoms with E-state index in [2.05, 4.69) is 0 Å². The molecule has 1 rings (SSSR count). The molecule has 1 saturated heterocycles. The maximum Gasteiger partial charge on any atom is 0.149 e. The Kier molecular flexibility index (Phi) is 3.52. The van der Waals surface area contributed by atoms with Gasteiger partial charge in [-0.2, -0.15) is 0 Å². The zero-order valence-corrected chi connectivity index (χ0v) is 6.79. The van der Waals surface area contributed by atoms with Gasteiger partial charge >= 0.3 is 0 Å². The average molecular weight is 158 g/mol. The number of aldehydes is 1. The normalized spacial score (nSPS) is 23.0. The van der Waals surface area contributed by atoms with Gasteiger partial charge in [0.1, 0.15) is 12.4 Å². The topological polar surface area (TPSA) is 35.5 Å². The Morgan fingerprint density at radius 3 is 2.64 bits per heavy atom. The van der Waals surface area contributed by atoms with Gasteiger partial charge in [-0.15, -0.1) is 0 Å². The van der Waals surface area contributed by atoms with Crippen LogP contribution in [0.25, 0.3) is 0 Å². The van der Waals surface area contributed by atoms with E-state index in [1.165, 1.54) is 0 Å². The van der Waals surface area contributed by atoms with Gasteiger partial charge in [-0.1, -0.05) is 0 Å². The Morgan fingerprint density at radius 2 is 2.18 bits per heavy atom. The average Bonchev–Trinajstić information content (AvgIpc) is 2.09. The Hall–Kier alpha value is -0.410. The van der Waals surface area contributed by atoms with Gasteiger partial charge < -0.3 is 14.3 Å². The molecule has 0 saturated carbocycles. The lowest BCUT2D eigenvalue weighted by Gasteiger charge is -2.25. The van der Waals surface area contributed by atoms with Crippen molar-refractivity contribution in [2.75, 3.05) is 20.3 Å². The van der Waals surface area contributed by atoms with Crippen LogP contribution >= 0.6 is 0 Å². The number of ether oxygens (including phenoxy) is 2. The summed E-state index contributed by atoms with van der Waals surface area (Å²) < 4.78 is 10.2. The smallest absolute Gasteiger partial charge is 0.149 e. The molecule has 1 unspecified atom stereocenters. The Balaban J connectivity index is 2.35. The largest absolute Gasteiger partial charge is 0.381 e. The molecule has 0 amide bonds. The van der Waals surface area contributed by atoms with Crippen molar-refractivity contribution in [2.24, 2.45) is 5.92 Å². The van der Waals surface area contributed by atoms with Crippen LogP contribution in [0.4, 0.5) is 0 Å². The molecule has 0 aromatic carbocycles. The summed E-state index contributed by atoms with van der Waals surface area (Å²) in [4.78, 5) is 10.5. The van der Waals surface area contributed by atoms with Crippen LogP contribution in [0.3, 0.4) is 0 Å². The summed E-state index contributed by atoms with van der Waals surface area (Å²) >= 11 is 0. The molecule has 0 bridgehead atoms. The van der Waals surface area contributed by atoms with Gasteiger partial charge in [0.15, 0.2) is 0 Å². The van der Waals surface area contributed by atoms with Crippen LogP contribution in [0.15, 0.2) is 0 Å². The van der Waals surface area contributed by atoms with E-state index in [1.807, 2.05) is 0 Å². The minimum Gasteiger partial charge on any atom is -0.381 e. The molecule has 0 spiro atoms. The third kappa shape index (κ3) is 2.27. The van der Waals surface area contributed by atoms with Gasteiger partial charge in [-0.05, 0) is 18.8 Å². The Labute approximate surface area is 66.7 Å². The van der Waals surface area contributed by atoms with Gasteiger partial charge in [-0.25, -0.2) is 0 Å². The van der Waals surface area contributed by atoms with E-state index >= 15 is 0 Å². The zero-order chi connectivity index (χ0) is 8.10. The fraction of sp³-hybridized carbons (Fsp3) is 0.875. The van der Waals surface area contributed by atoms with Crippen LogP contribution in [0, 0.1) is 5.92 Å². The predicted octanol–water partition coefficient (Wildman–Crippen LogP) is 0.627.